The van der Waals surface area contributed by atoms with Crippen LogP contribution >= 0.6 is 23.2 Å². The monoisotopic (exact) mass is 276 g/mol. The molecule has 1 N–H and O–H groups in total. The number of pyridine rings is 1. The second-order valence-electron chi connectivity index (χ2n) is 4.42. The van der Waals surface area contributed by atoms with E-state index in [1.165, 1.54) is 6.20 Å². The van der Waals surface area contributed by atoms with Crippen LogP contribution in [0.3, 0.4) is 0 Å². The highest BCUT2D eigenvalue weighted by Gasteiger charge is 2.18. The maximum absolute atomic E-state index is 11.6. The number of aromatic nitrogens is 1. The lowest BCUT2D eigenvalue weighted by Crippen LogP contribution is -2.27. The van der Waals surface area contributed by atoms with Gasteiger partial charge in [0.15, 0.2) is 0 Å². The van der Waals surface area contributed by atoms with E-state index in [4.69, 9.17) is 27.9 Å². The Morgan fingerprint density at radius 2 is 2.12 bits per heavy atom. The smallest absolute Gasteiger partial charge is 0.412 e. The molecule has 1 rings (SSSR count). The number of hydrogen-bond donors (Lipinski definition) is 1. The Kier molecular flexibility index (Phi) is 4.60. The van der Waals surface area contributed by atoms with Crippen molar-refractivity contribution >= 4 is 35.0 Å². The second-order valence-corrected chi connectivity index (χ2v) is 5.09. The molecule has 94 valence electrons. The zero-order chi connectivity index (χ0) is 13.1. The van der Waals surface area contributed by atoms with Gasteiger partial charge in [0, 0.05) is 18.0 Å². The average molecular weight is 277 g/mol. The normalized spacial score (nSPS) is 11.1. The molecule has 0 aliphatic heterocycles. The lowest BCUT2D eigenvalue weighted by molar-refractivity contribution is 0.0636. The van der Waals surface area contributed by atoms with E-state index < -0.39 is 11.7 Å². The molecule has 1 aromatic rings. The first kappa shape index (κ1) is 14.1. The molecule has 0 spiro atoms. The van der Waals surface area contributed by atoms with Crippen molar-refractivity contribution in [2.24, 2.45) is 0 Å². The number of rotatable bonds is 2. The molecule has 0 aromatic carbocycles. The highest BCUT2D eigenvalue weighted by atomic mass is 35.5. The first-order chi connectivity index (χ1) is 7.83. The fourth-order valence-corrected chi connectivity index (χ4v) is 1.55. The van der Waals surface area contributed by atoms with Gasteiger partial charge in [0.2, 0.25) is 0 Å². The van der Waals surface area contributed by atoms with Crippen molar-refractivity contribution in [1.82, 2.24) is 4.98 Å². The van der Waals surface area contributed by atoms with E-state index in [1.807, 2.05) is 0 Å². The van der Waals surface area contributed by atoms with Crippen LogP contribution in [0.15, 0.2) is 12.4 Å². The van der Waals surface area contributed by atoms with Gasteiger partial charge < -0.3 is 4.74 Å². The number of carbonyl (C=O) groups excluding carboxylic acids is 1. The van der Waals surface area contributed by atoms with Gasteiger partial charge in [0.25, 0.3) is 0 Å². The van der Waals surface area contributed by atoms with Gasteiger partial charge in [-0.25, -0.2) is 4.79 Å². The Hall–Kier alpha value is -1.00. The van der Waals surface area contributed by atoms with E-state index in [0.29, 0.717) is 16.3 Å². The highest BCUT2D eigenvalue weighted by molar-refractivity contribution is 6.34. The largest absolute Gasteiger partial charge is 0.444 e. The molecular weight excluding hydrogens is 263 g/mol. The minimum Gasteiger partial charge on any atom is -0.444 e. The number of nitrogens with zero attached hydrogens (tertiary/aromatic N) is 1. The SMILES string of the molecule is CC(C)(C)OC(=O)Nc1c(Cl)cncc1CCl. The molecule has 1 amide bonds. The summed E-state index contributed by atoms with van der Waals surface area (Å²) in [4.78, 5) is 15.5. The van der Waals surface area contributed by atoms with E-state index in [-0.39, 0.29) is 5.88 Å². The van der Waals surface area contributed by atoms with Crippen molar-refractivity contribution in [3.05, 3.63) is 23.0 Å². The molecule has 0 aliphatic rings. The standard InChI is InChI=1S/C11H14Cl2N2O2/c1-11(2,3)17-10(16)15-9-7(4-12)5-14-6-8(9)13/h5-6H,4H2,1-3H3,(H,14,15,16). The first-order valence-corrected chi connectivity index (χ1v) is 5.93. The number of ether oxygens (including phenoxy) is 1. The van der Waals surface area contributed by atoms with Gasteiger partial charge in [-0.1, -0.05) is 11.6 Å². The van der Waals surface area contributed by atoms with Gasteiger partial charge in [-0.3, -0.25) is 10.3 Å². The number of nitrogens with one attached hydrogen (secondary N) is 1. The van der Waals surface area contributed by atoms with Crippen LogP contribution in [-0.2, 0) is 10.6 Å². The molecule has 0 unspecified atom stereocenters. The molecule has 0 bridgehead atoms. The van der Waals surface area contributed by atoms with E-state index >= 15 is 0 Å². The maximum Gasteiger partial charge on any atom is 0.412 e. The van der Waals surface area contributed by atoms with Crippen LogP contribution in [0.4, 0.5) is 10.5 Å². The van der Waals surface area contributed by atoms with Crippen molar-refractivity contribution in [3.8, 4) is 0 Å². The first-order valence-electron chi connectivity index (χ1n) is 5.02. The summed E-state index contributed by atoms with van der Waals surface area (Å²) < 4.78 is 5.12. The molecule has 1 heterocycles. The van der Waals surface area contributed by atoms with Crippen molar-refractivity contribution in [2.45, 2.75) is 32.3 Å². The highest BCUT2D eigenvalue weighted by Crippen LogP contribution is 2.26. The lowest BCUT2D eigenvalue weighted by atomic mass is 10.2. The Morgan fingerprint density at radius 3 is 2.65 bits per heavy atom. The summed E-state index contributed by atoms with van der Waals surface area (Å²) in [5.41, 5.74) is 0.515. The summed E-state index contributed by atoms with van der Waals surface area (Å²) in [6.07, 6.45) is 2.41. The van der Waals surface area contributed by atoms with Crippen molar-refractivity contribution in [2.75, 3.05) is 5.32 Å². The number of alkyl halides is 1. The summed E-state index contributed by atoms with van der Waals surface area (Å²) in [5, 5.41) is 2.90. The van der Waals surface area contributed by atoms with Crippen LogP contribution < -0.4 is 5.32 Å². The topological polar surface area (TPSA) is 51.2 Å². The summed E-state index contributed by atoms with van der Waals surface area (Å²) in [5.74, 6) is 0.207. The van der Waals surface area contributed by atoms with Crippen LogP contribution in [0.5, 0.6) is 0 Å². The fourth-order valence-electron chi connectivity index (χ4n) is 1.12. The van der Waals surface area contributed by atoms with Crippen LogP contribution in [0, 0.1) is 0 Å². The maximum atomic E-state index is 11.6. The van der Waals surface area contributed by atoms with Gasteiger partial charge in [-0.05, 0) is 20.8 Å². The fraction of sp³-hybridized carbons (Fsp3) is 0.455. The third-order valence-electron chi connectivity index (χ3n) is 1.75. The third-order valence-corrected chi connectivity index (χ3v) is 2.32. The molecule has 0 saturated heterocycles. The van der Waals surface area contributed by atoms with Gasteiger partial charge >= 0.3 is 6.09 Å². The number of carbonyl (C=O) groups is 1. The minimum atomic E-state index is -0.572. The van der Waals surface area contributed by atoms with Gasteiger partial charge in [-0.15, -0.1) is 11.6 Å². The molecule has 1 aromatic heterocycles. The predicted octanol–water partition coefficient (Wildman–Crippen LogP) is 3.82. The number of halogens is 2. The van der Waals surface area contributed by atoms with Crippen molar-refractivity contribution in [3.63, 3.8) is 0 Å². The second kappa shape index (κ2) is 5.56. The molecule has 0 radical (unpaired) electrons. The average Bonchev–Trinajstić information content (AvgIpc) is 2.18. The molecule has 0 aliphatic carbocycles. The number of amides is 1. The molecular formula is C11H14Cl2N2O2. The number of anilines is 1. The van der Waals surface area contributed by atoms with Crippen molar-refractivity contribution < 1.29 is 9.53 Å². The Bertz CT molecular complexity index is 416. The van der Waals surface area contributed by atoms with E-state index in [9.17, 15) is 4.79 Å². The summed E-state index contributed by atoms with van der Waals surface area (Å²) >= 11 is 11.7. The van der Waals surface area contributed by atoms with E-state index in [0.717, 1.165) is 0 Å². The minimum absolute atomic E-state index is 0.207. The zero-order valence-electron chi connectivity index (χ0n) is 9.88. The molecule has 0 atom stereocenters. The molecule has 17 heavy (non-hydrogen) atoms. The van der Waals surface area contributed by atoms with Crippen LogP contribution in [0.2, 0.25) is 5.02 Å². The molecule has 0 saturated carbocycles. The van der Waals surface area contributed by atoms with Gasteiger partial charge in [0.1, 0.15) is 5.60 Å². The molecule has 4 nitrogen and oxygen atoms in total. The summed E-state index contributed by atoms with van der Waals surface area (Å²) in [7, 11) is 0. The Balaban J connectivity index is 2.84. The summed E-state index contributed by atoms with van der Waals surface area (Å²) in [6.45, 7) is 5.34. The van der Waals surface area contributed by atoms with E-state index in [2.05, 4.69) is 10.3 Å². The summed E-state index contributed by atoms with van der Waals surface area (Å²) in [6, 6.07) is 0. The van der Waals surface area contributed by atoms with E-state index in [1.54, 1.807) is 27.0 Å². The van der Waals surface area contributed by atoms with Crippen LogP contribution in [-0.4, -0.2) is 16.7 Å². The quantitative estimate of drug-likeness (QED) is 0.836. The Morgan fingerprint density at radius 1 is 1.47 bits per heavy atom. The Labute approximate surface area is 110 Å². The molecule has 0 fully saturated rings. The van der Waals surface area contributed by atoms with Crippen LogP contribution in [0.1, 0.15) is 26.3 Å². The number of hydrogen-bond acceptors (Lipinski definition) is 3. The third kappa shape index (κ3) is 4.40. The molecule has 6 heteroatoms. The predicted molar refractivity (Wildman–Crippen MR) is 68.7 cm³/mol. The zero-order valence-corrected chi connectivity index (χ0v) is 11.4. The van der Waals surface area contributed by atoms with Gasteiger partial charge in [-0.2, -0.15) is 0 Å². The lowest BCUT2D eigenvalue weighted by Gasteiger charge is -2.20. The van der Waals surface area contributed by atoms with Gasteiger partial charge in [0.05, 0.1) is 16.6 Å². The van der Waals surface area contributed by atoms with Crippen molar-refractivity contribution in [1.29, 1.82) is 0 Å². The van der Waals surface area contributed by atoms with Crippen LogP contribution in [0.25, 0.3) is 0 Å².